The van der Waals surface area contributed by atoms with Crippen LogP contribution in [0.2, 0.25) is 0 Å². The van der Waals surface area contributed by atoms with E-state index >= 15 is 0 Å². The Morgan fingerprint density at radius 2 is 1.94 bits per heavy atom. The number of unbranched alkanes of at least 4 members (excludes halogenated alkanes) is 1. The maximum atomic E-state index is 11.7. The van der Waals surface area contributed by atoms with Crippen LogP contribution in [-0.2, 0) is 14.1 Å². The molecule has 0 atom stereocenters. The molecule has 0 spiro atoms. The van der Waals surface area contributed by atoms with Crippen LogP contribution in [0.15, 0.2) is 15.8 Å². The maximum Gasteiger partial charge on any atom is 0.330 e. The number of aromatic nitrogens is 2. The SMILES string of the molecule is CCCCC(=O)c1cn(C)c(=O)n(C)c1=O. The molecule has 0 aliphatic carbocycles. The lowest BCUT2D eigenvalue weighted by Crippen LogP contribution is -2.39. The van der Waals surface area contributed by atoms with Crippen LogP contribution in [0.1, 0.15) is 36.5 Å². The van der Waals surface area contributed by atoms with Crippen LogP contribution < -0.4 is 11.2 Å². The van der Waals surface area contributed by atoms with Gasteiger partial charge in [0.2, 0.25) is 0 Å². The molecule has 5 heteroatoms. The van der Waals surface area contributed by atoms with Gasteiger partial charge in [0, 0.05) is 26.7 Å². The second kappa shape index (κ2) is 4.92. The second-order valence-corrected chi connectivity index (χ2v) is 3.83. The molecule has 0 radical (unpaired) electrons. The number of hydrogen-bond donors (Lipinski definition) is 0. The van der Waals surface area contributed by atoms with Gasteiger partial charge in [-0.15, -0.1) is 0 Å². The Morgan fingerprint density at radius 1 is 1.31 bits per heavy atom. The highest BCUT2D eigenvalue weighted by Gasteiger charge is 2.13. The van der Waals surface area contributed by atoms with E-state index in [4.69, 9.17) is 0 Å². The summed E-state index contributed by atoms with van der Waals surface area (Å²) in [5.41, 5.74) is -0.834. The fourth-order valence-electron chi connectivity index (χ4n) is 1.47. The summed E-state index contributed by atoms with van der Waals surface area (Å²) < 4.78 is 2.21. The lowest BCUT2D eigenvalue weighted by Gasteiger charge is -2.05. The first-order valence-electron chi connectivity index (χ1n) is 5.29. The fraction of sp³-hybridized carbons (Fsp3) is 0.545. The largest absolute Gasteiger partial charge is 0.330 e. The standard InChI is InChI=1S/C11H16N2O3/c1-4-5-6-9(14)8-7-12(2)11(16)13(3)10(8)15/h7H,4-6H2,1-3H3. The summed E-state index contributed by atoms with van der Waals surface area (Å²) in [4.78, 5) is 34.8. The topological polar surface area (TPSA) is 61.1 Å². The number of ketones is 1. The van der Waals surface area contributed by atoms with Gasteiger partial charge < -0.3 is 4.57 Å². The summed E-state index contributed by atoms with van der Waals surface area (Å²) in [6.07, 6.45) is 3.33. The highest BCUT2D eigenvalue weighted by atomic mass is 16.2. The van der Waals surface area contributed by atoms with Gasteiger partial charge in [-0.1, -0.05) is 13.3 Å². The van der Waals surface area contributed by atoms with Gasteiger partial charge in [0.05, 0.1) is 5.56 Å². The third-order valence-corrected chi connectivity index (χ3v) is 2.50. The van der Waals surface area contributed by atoms with Crippen LogP contribution >= 0.6 is 0 Å². The first kappa shape index (κ1) is 12.4. The van der Waals surface area contributed by atoms with Crippen LogP contribution in [0.3, 0.4) is 0 Å². The zero-order valence-electron chi connectivity index (χ0n) is 9.82. The minimum Gasteiger partial charge on any atom is -0.303 e. The molecule has 16 heavy (non-hydrogen) atoms. The summed E-state index contributed by atoms with van der Waals surface area (Å²) in [5, 5.41) is 0. The van der Waals surface area contributed by atoms with E-state index in [0.29, 0.717) is 6.42 Å². The highest BCUT2D eigenvalue weighted by molar-refractivity contribution is 5.95. The summed E-state index contributed by atoms with van der Waals surface area (Å²) in [7, 11) is 2.90. The van der Waals surface area contributed by atoms with E-state index < -0.39 is 11.2 Å². The van der Waals surface area contributed by atoms with E-state index in [1.807, 2.05) is 6.92 Å². The van der Waals surface area contributed by atoms with Crippen LogP contribution in [0.4, 0.5) is 0 Å². The van der Waals surface area contributed by atoms with Gasteiger partial charge >= 0.3 is 5.69 Å². The molecule has 0 bridgehead atoms. The molecular formula is C11H16N2O3. The molecule has 1 aromatic rings. The van der Waals surface area contributed by atoms with Crippen molar-refractivity contribution >= 4 is 5.78 Å². The molecule has 1 heterocycles. The molecule has 0 aliphatic rings. The Hall–Kier alpha value is -1.65. The quantitative estimate of drug-likeness (QED) is 0.698. The molecule has 1 aromatic heterocycles. The number of rotatable bonds is 4. The van der Waals surface area contributed by atoms with Crippen molar-refractivity contribution in [1.29, 1.82) is 0 Å². The Balaban J connectivity index is 3.21. The third kappa shape index (κ3) is 2.29. The summed E-state index contributed by atoms with van der Waals surface area (Å²) >= 11 is 0. The summed E-state index contributed by atoms with van der Waals surface area (Å²) in [6, 6.07) is 0. The molecule has 88 valence electrons. The van der Waals surface area contributed by atoms with Crippen LogP contribution in [0, 0.1) is 0 Å². The number of carbonyl (C=O) groups excluding carboxylic acids is 1. The van der Waals surface area contributed by atoms with Crippen molar-refractivity contribution in [2.45, 2.75) is 26.2 Å². The van der Waals surface area contributed by atoms with Gasteiger partial charge in [-0.3, -0.25) is 14.2 Å². The third-order valence-electron chi connectivity index (χ3n) is 2.50. The zero-order chi connectivity index (χ0) is 12.3. The van der Waals surface area contributed by atoms with Gasteiger partial charge in [-0.25, -0.2) is 4.79 Å². The van der Waals surface area contributed by atoms with E-state index in [-0.39, 0.29) is 11.3 Å². The van der Waals surface area contributed by atoms with Gasteiger partial charge in [0.15, 0.2) is 5.78 Å². The zero-order valence-corrected chi connectivity index (χ0v) is 9.82. The first-order valence-corrected chi connectivity index (χ1v) is 5.29. The van der Waals surface area contributed by atoms with Gasteiger partial charge in [0.25, 0.3) is 5.56 Å². The second-order valence-electron chi connectivity index (χ2n) is 3.83. The molecule has 0 saturated carbocycles. The number of aryl methyl sites for hydroxylation is 1. The normalized spacial score (nSPS) is 10.4. The van der Waals surface area contributed by atoms with E-state index in [9.17, 15) is 14.4 Å². The Morgan fingerprint density at radius 3 is 2.50 bits per heavy atom. The molecule has 0 aliphatic heterocycles. The minimum atomic E-state index is -0.510. The fourth-order valence-corrected chi connectivity index (χ4v) is 1.47. The number of carbonyl (C=O) groups is 1. The van der Waals surface area contributed by atoms with E-state index in [1.165, 1.54) is 24.9 Å². The average Bonchev–Trinajstić information content (AvgIpc) is 2.28. The molecular weight excluding hydrogens is 208 g/mol. The Labute approximate surface area is 93.3 Å². The minimum absolute atomic E-state index is 0.0954. The molecule has 5 nitrogen and oxygen atoms in total. The summed E-state index contributed by atoms with van der Waals surface area (Å²) in [5.74, 6) is -0.196. The predicted molar refractivity (Wildman–Crippen MR) is 60.8 cm³/mol. The van der Waals surface area contributed by atoms with Crippen molar-refractivity contribution in [2.24, 2.45) is 14.1 Å². The molecule has 1 rings (SSSR count). The van der Waals surface area contributed by atoms with Crippen molar-refractivity contribution in [3.8, 4) is 0 Å². The van der Waals surface area contributed by atoms with Crippen molar-refractivity contribution < 1.29 is 4.79 Å². The van der Waals surface area contributed by atoms with Crippen molar-refractivity contribution in [3.63, 3.8) is 0 Å². The number of Topliss-reactive ketones (excluding diaryl/α,β-unsaturated/α-hetero) is 1. The molecule has 0 aromatic carbocycles. The lowest BCUT2D eigenvalue weighted by molar-refractivity contribution is 0.0976. The van der Waals surface area contributed by atoms with Crippen LogP contribution in [-0.4, -0.2) is 14.9 Å². The Kier molecular flexibility index (Phi) is 3.82. The molecule has 0 fully saturated rings. The van der Waals surface area contributed by atoms with E-state index in [1.54, 1.807) is 0 Å². The first-order chi connectivity index (χ1) is 7.49. The highest BCUT2D eigenvalue weighted by Crippen LogP contribution is 2.01. The number of nitrogens with zero attached hydrogens (tertiary/aromatic N) is 2. The molecule has 0 N–H and O–H groups in total. The van der Waals surface area contributed by atoms with Gasteiger partial charge in [-0.05, 0) is 6.42 Å². The lowest BCUT2D eigenvalue weighted by atomic mass is 10.1. The maximum absolute atomic E-state index is 11.7. The van der Waals surface area contributed by atoms with E-state index in [2.05, 4.69) is 0 Å². The molecule has 0 amide bonds. The molecule has 0 saturated heterocycles. The van der Waals surface area contributed by atoms with Gasteiger partial charge in [-0.2, -0.15) is 0 Å². The van der Waals surface area contributed by atoms with Crippen LogP contribution in [0.5, 0.6) is 0 Å². The molecule has 0 unspecified atom stereocenters. The van der Waals surface area contributed by atoms with Crippen molar-refractivity contribution in [3.05, 3.63) is 32.6 Å². The van der Waals surface area contributed by atoms with Gasteiger partial charge in [0.1, 0.15) is 0 Å². The Bertz CT molecular complexity index is 511. The average molecular weight is 224 g/mol. The van der Waals surface area contributed by atoms with E-state index in [0.717, 1.165) is 17.4 Å². The van der Waals surface area contributed by atoms with Crippen LogP contribution in [0.25, 0.3) is 0 Å². The monoisotopic (exact) mass is 224 g/mol. The smallest absolute Gasteiger partial charge is 0.303 e. The van der Waals surface area contributed by atoms with Crippen molar-refractivity contribution in [2.75, 3.05) is 0 Å². The number of hydrogen-bond acceptors (Lipinski definition) is 3. The summed E-state index contributed by atoms with van der Waals surface area (Å²) in [6.45, 7) is 1.98. The predicted octanol–water partition coefficient (Wildman–Crippen LogP) is 0.457. The van der Waals surface area contributed by atoms with Crippen molar-refractivity contribution in [1.82, 2.24) is 9.13 Å².